The van der Waals surface area contributed by atoms with Crippen LogP contribution in [0.3, 0.4) is 0 Å². The first-order chi connectivity index (χ1) is 14.2. The molecule has 2 aliphatic heterocycles. The van der Waals surface area contributed by atoms with E-state index in [2.05, 4.69) is 17.5 Å². The van der Waals surface area contributed by atoms with Gasteiger partial charge in [-0.05, 0) is 36.6 Å². The molecule has 0 spiro atoms. The first-order valence-electron chi connectivity index (χ1n) is 9.46. The molecule has 2 aliphatic rings. The Labute approximate surface area is 177 Å². The van der Waals surface area contributed by atoms with E-state index in [0.29, 0.717) is 12.4 Å². The number of hydrogen-bond donors (Lipinski definition) is 1. The minimum absolute atomic E-state index is 0.0609. The molecule has 0 aliphatic carbocycles. The zero-order chi connectivity index (χ0) is 20.0. The van der Waals surface area contributed by atoms with E-state index < -0.39 is 6.23 Å². The SMILES string of the molecule is CCOc1cc([C@@H]2Oc3ccccc3[C@H]3CC(c4cccs4)=NN32)cc(Cl)c1O. The lowest BCUT2D eigenvalue weighted by Crippen LogP contribution is -2.33. The van der Waals surface area contributed by atoms with Gasteiger partial charge in [0.1, 0.15) is 5.75 Å². The molecule has 0 radical (unpaired) electrons. The number of fused-ring (bicyclic) bond motifs is 3. The fourth-order valence-electron chi connectivity index (χ4n) is 3.85. The highest BCUT2D eigenvalue weighted by Crippen LogP contribution is 2.49. The Morgan fingerprint density at radius 1 is 1.28 bits per heavy atom. The quantitative estimate of drug-likeness (QED) is 0.577. The molecule has 5 nitrogen and oxygen atoms in total. The van der Waals surface area contributed by atoms with Crippen molar-refractivity contribution < 1.29 is 14.6 Å². The topological polar surface area (TPSA) is 54.3 Å². The molecular weight excluding hydrogens is 408 g/mol. The normalized spacial score (nSPS) is 19.9. The summed E-state index contributed by atoms with van der Waals surface area (Å²) in [6, 6.07) is 15.8. The van der Waals surface area contributed by atoms with E-state index >= 15 is 0 Å². The number of rotatable bonds is 4. The number of hydrogen-bond acceptors (Lipinski definition) is 6. The zero-order valence-electron chi connectivity index (χ0n) is 15.7. The van der Waals surface area contributed by atoms with Crippen LogP contribution >= 0.6 is 22.9 Å². The highest BCUT2D eigenvalue weighted by atomic mass is 35.5. The van der Waals surface area contributed by atoms with Gasteiger partial charge in [0.2, 0.25) is 6.23 Å². The van der Waals surface area contributed by atoms with E-state index in [1.807, 2.05) is 36.2 Å². The molecule has 2 aromatic carbocycles. The summed E-state index contributed by atoms with van der Waals surface area (Å²) >= 11 is 7.97. The van der Waals surface area contributed by atoms with Crippen LogP contribution in [0, 0.1) is 0 Å². The fourth-order valence-corrected chi connectivity index (χ4v) is 4.79. The number of nitrogens with zero attached hydrogens (tertiary/aromatic N) is 2. The van der Waals surface area contributed by atoms with Gasteiger partial charge in [-0.1, -0.05) is 35.9 Å². The van der Waals surface area contributed by atoms with Crippen molar-refractivity contribution in [3.63, 3.8) is 0 Å². The molecule has 3 aromatic rings. The monoisotopic (exact) mass is 426 g/mol. The van der Waals surface area contributed by atoms with Gasteiger partial charge in [0.25, 0.3) is 0 Å². The Kier molecular flexibility index (Phi) is 4.60. The van der Waals surface area contributed by atoms with E-state index in [4.69, 9.17) is 26.2 Å². The molecule has 2 atom stereocenters. The smallest absolute Gasteiger partial charge is 0.214 e. The average Bonchev–Trinajstić information content (AvgIpc) is 3.40. The van der Waals surface area contributed by atoms with Gasteiger partial charge in [-0.2, -0.15) is 5.10 Å². The summed E-state index contributed by atoms with van der Waals surface area (Å²) in [4.78, 5) is 1.16. The van der Waals surface area contributed by atoms with Gasteiger partial charge in [0, 0.05) is 17.5 Å². The number of thiophene rings is 1. The van der Waals surface area contributed by atoms with Crippen molar-refractivity contribution in [3.8, 4) is 17.2 Å². The second kappa shape index (κ2) is 7.28. The summed E-state index contributed by atoms with van der Waals surface area (Å²) in [5.74, 6) is 1.12. The second-order valence-corrected chi connectivity index (χ2v) is 8.27. The van der Waals surface area contributed by atoms with Crippen molar-refractivity contribution in [2.24, 2.45) is 5.10 Å². The lowest BCUT2D eigenvalue weighted by Gasteiger charge is -2.38. The maximum absolute atomic E-state index is 10.2. The van der Waals surface area contributed by atoms with Crippen LogP contribution in [0.4, 0.5) is 0 Å². The molecule has 0 fully saturated rings. The second-order valence-electron chi connectivity index (χ2n) is 6.91. The summed E-state index contributed by atoms with van der Waals surface area (Å²) in [6.45, 7) is 2.29. The minimum atomic E-state index is -0.468. The van der Waals surface area contributed by atoms with Crippen molar-refractivity contribution in [2.45, 2.75) is 25.6 Å². The summed E-state index contributed by atoms with van der Waals surface area (Å²) in [7, 11) is 0. The van der Waals surface area contributed by atoms with E-state index in [1.54, 1.807) is 23.5 Å². The highest BCUT2D eigenvalue weighted by Gasteiger charge is 2.41. The van der Waals surface area contributed by atoms with Gasteiger partial charge in [0.15, 0.2) is 11.5 Å². The largest absolute Gasteiger partial charge is 0.503 e. The number of phenols is 1. The average molecular weight is 427 g/mol. The number of phenolic OH excluding ortho intramolecular Hbond substituents is 1. The molecule has 0 bridgehead atoms. The van der Waals surface area contributed by atoms with Gasteiger partial charge >= 0.3 is 0 Å². The zero-order valence-corrected chi connectivity index (χ0v) is 17.3. The Bertz CT molecular complexity index is 1080. The number of ether oxygens (including phenoxy) is 2. The minimum Gasteiger partial charge on any atom is -0.503 e. The van der Waals surface area contributed by atoms with E-state index in [9.17, 15) is 5.11 Å². The maximum atomic E-state index is 10.2. The molecule has 0 amide bonds. The van der Waals surface area contributed by atoms with Gasteiger partial charge < -0.3 is 14.6 Å². The Balaban J connectivity index is 1.61. The number of benzene rings is 2. The van der Waals surface area contributed by atoms with Crippen LogP contribution in [0.15, 0.2) is 59.0 Å². The summed E-state index contributed by atoms with van der Waals surface area (Å²) in [6.07, 6.45) is 0.339. The van der Waals surface area contributed by atoms with Crippen molar-refractivity contribution >= 4 is 28.6 Å². The molecule has 29 heavy (non-hydrogen) atoms. The third kappa shape index (κ3) is 3.12. The Hall–Kier alpha value is -2.70. The van der Waals surface area contributed by atoms with Crippen LogP contribution < -0.4 is 9.47 Å². The van der Waals surface area contributed by atoms with E-state index in [1.165, 1.54) is 0 Å². The van der Waals surface area contributed by atoms with Crippen molar-refractivity contribution in [2.75, 3.05) is 6.61 Å². The standard InChI is InChI=1S/C22H19ClN2O3S/c1-2-27-19-11-13(10-15(23)21(19)26)22-25-17(14-6-3-4-7-18(14)28-22)12-16(24-25)20-8-5-9-29-20/h3-11,17,22,26H,2,12H2,1H3/t17-,22+/m1/s1. The van der Waals surface area contributed by atoms with Crippen molar-refractivity contribution in [1.82, 2.24) is 5.01 Å². The van der Waals surface area contributed by atoms with E-state index in [-0.39, 0.29) is 16.8 Å². The molecule has 5 rings (SSSR count). The molecule has 3 heterocycles. The molecule has 1 aromatic heterocycles. The van der Waals surface area contributed by atoms with Crippen LogP contribution in [0.1, 0.15) is 41.6 Å². The molecule has 1 N–H and O–H groups in total. The third-order valence-electron chi connectivity index (χ3n) is 5.14. The van der Waals surface area contributed by atoms with Gasteiger partial charge in [-0.15, -0.1) is 11.3 Å². The molecule has 0 saturated carbocycles. The molecule has 7 heteroatoms. The summed E-state index contributed by atoms with van der Waals surface area (Å²) in [5.41, 5.74) is 2.95. The van der Waals surface area contributed by atoms with Crippen LogP contribution in [0.25, 0.3) is 0 Å². The lowest BCUT2D eigenvalue weighted by molar-refractivity contribution is -0.0191. The van der Waals surface area contributed by atoms with Gasteiger partial charge in [-0.25, -0.2) is 5.01 Å². The number of hydrazone groups is 1. The third-order valence-corrected chi connectivity index (χ3v) is 6.35. The Morgan fingerprint density at radius 2 is 2.14 bits per heavy atom. The van der Waals surface area contributed by atoms with Crippen LogP contribution in [0.5, 0.6) is 17.2 Å². The summed E-state index contributed by atoms with van der Waals surface area (Å²) < 4.78 is 11.9. The number of aromatic hydroxyl groups is 1. The lowest BCUT2D eigenvalue weighted by atomic mass is 9.97. The summed E-state index contributed by atoms with van der Waals surface area (Å²) in [5, 5.41) is 19.4. The highest BCUT2D eigenvalue weighted by molar-refractivity contribution is 7.12. The first kappa shape index (κ1) is 18.3. The number of para-hydroxylation sites is 1. The van der Waals surface area contributed by atoms with Crippen molar-refractivity contribution in [1.29, 1.82) is 0 Å². The fraction of sp³-hybridized carbons (Fsp3) is 0.227. The molecule has 0 unspecified atom stereocenters. The molecule has 148 valence electrons. The maximum Gasteiger partial charge on any atom is 0.214 e. The van der Waals surface area contributed by atoms with Crippen LogP contribution in [-0.2, 0) is 0 Å². The molecular formula is C22H19ClN2O3S. The van der Waals surface area contributed by atoms with E-state index in [0.717, 1.165) is 33.9 Å². The van der Waals surface area contributed by atoms with Gasteiger partial charge in [-0.3, -0.25) is 0 Å². The first-order valence-corrected chi connectivity index (χ1v) is 10.7. The van der Waals surface area contributed by atoms with Gasteiger partial charge in [0.05, 0.1) is 28.3 Å². The predicted octanol–water partition coefficient (Wildman–Crippen LogP) is 5.75. The Morgan fingerprint density at radius 3 is 2.93 bits per heavy atom. The molecule has 0 saturated heterocycles. The van der Waals surface area contributed by atoms with Crippen LogP contribution in [0.2, 0.25) is 5.02 Å². The van der Waals surface area contributed by atoms with Crippen molar-refractivity contribution in [3.05, 3.63) is 74.9 Å². The van der Waals surface area contributed by atoms with Crippen LogP contribution in [-0.4, -0.2) is 22.4 Å². The predicted molar refractivity (Wildman–Crippen MR) is 114 cm³/mol. The number of halogens is 1.